The first-order chi connectivity index (χ1) is 6.22. The molecule has 0 spiro atoms. The first-order valence-corrected chi connectivity index (χ1v) is 4.88. The van der Waals surface area contributed by atoms with Gasteiger partial charge in [-0.3, -0.25) is 4.90 Å². The molecule has 2 saturated heterocycles. The number of aliphatic hydroxyl groups excluding tert-OH is 1. The lowest BCUT2D eigenvalue weighted by Crippen LogP contribution is -2.53. The van der Waals surface area contributed by atoms with Crippen LogP contribution in [0.25, 0.3) is 0 Å². The number of aliphatic hydroxyl groups is 1. The smallest absolute Gasteiger partial charge is 0.0701 e. The Morgan fingerprint density at radius 2 is 2.15 bits per heavy atom. The van der Waals surface area contributed by atoms with Crippen molar-refractivity contribution in [1.29, 1.82) is 0 Å². The molecule has 2 unspecified atom stereocenters. The molecule has 4 nitrogen and oxygen atoms in total. The minimum absolute atomic E-state index is 0.224. The molecule has 2 atom stereocenters. The van der Waals surface area contributed by atoms with E-state index in [1.807, 2.05) is 6.92 Å². The van der Waals surface area contributed by atoms with Gasteiger partial charge in [-0.2, -0.15) is 0 Å². The molecule has 0 aromatic rings. The number of rotatable bonds is 1. The highest BCUT2D eigenvalue weighted by atomic mass is 16.6. The first-order valence-electron chi connectivity index (χ1n) is 4.88. The molecule has 2 rings (SSSR count). The zero-order chi connectivity index (χ0) is 9.68. The lowest BCUT2D eigenvalue weighted by Gasteiger charge is -2.34. The van der Waals surface area contributed by atoms with Crippen molar-refractivity contribution in [2.24, 2.45) is 0 Å². The topological polar surface area (TPSA) is 48.0 Å². The molecule has 0 bridgehead atoms. The molecule has 2 N–H and O–H groups in total. The number of hydrogen-bond acceptors (Lipinski definition) is 4. The summed E-state index contributed by atoms with van der Waals surface area (Å²) in [7, 11) is 2.05. The third-order valence-corrected chi connectivity index (χ3v) is 2.32. The lowest BCUT2D eigenvalue weighted by molar-refractivity contribution is 0.0616. The summed E-state index contributed by atoms with van der Waals surface area (Å²) in [6.07, 6.45) is -0.224. The minimum Gasteiger partial charge on any atom is -0.392 e. The van der Waals surface area contributed by atoms with Crippen LogP contribution < -0.4 is 5.32 Å². The third kappa shape index (κ3) is 4.57. The molecule has 0 aromatic carbocycles. The van der Waals surface area contributed by atoms with E-state index in [2.05, 4.69) is 22.0 Å². The molecule has 2 aliphatic heterocycles. The van der Waals surface area contributed by atoms with Crippen LogP contribution in [0.5, 0.6) is 0 Å². The number of likely N-dealkylation sites (N-methyl/N-ethyl adjacent to an activating group) is 1. The second-order valence-corrected chi connectivity index (χ2v) is 3.61. The number of nitrogens with zero attached hydrogens (tertiary/aromatic N) is 1. The Labute approximate surface area is 79.9 Å². The van der Waals surface area contributed by atoms with E-state index in [4.69, 9.17) is 0 Å². The molecule has 2 heterocycles. The average molecular weight is 188 g/mol. The first kappa shape index (κ1) is 10.9. The van der Waals surface area contributed by atoms with Gasteiger partial charge in [0, 0.05) is 25.7 Å². The van der Waals surface area contributed by atoms with E-state index >= 15 is 0 Å². The summed E-state index contributed by atoms with van der Waals surface area (Å²) in [5.74, 6) is 0. The van der Waals surface area contributed by atoms with Gasteiger partial charge in [0.25, 0.3) is 0 Å². The zero-order valence-corrected chi connectivity index (χ0v) is 8.49. The van der Waals surface area contributed by atoms with E-state index in [1.54, 1.807) is 0 Å². The summed E-state index contributed by atoms with van der Waals surface area (Å²) in [6.45, 7) is 6.83. The number of epoxide rings is 1. The highest BCUT2D eigenvalue weighted by Crippen LogP contribution is 2.03. The third-order valence-electron chi connectivity index (χ3n) is 2.32. The van der Waals surface area contributed by atoms with E-state index in [0.29, 0.717) is 6.04 Å². The van der Waals surface area contributed by atoms with Gasteiger partial charge >= 0.3 is 0 Å². The van der Waals surface area contributed by atoms with Crippen molar-refractivity contribution >= 4 is 0 Å². The fraction of sp³-hybridized carbons (Fsp3) is 1.00. The van der Waals surface area contributed by atoms with Gasteiger partial charge in [0.15, 0.2) is 0 Å². The standard InChI is InChI=1S/C7H16N2O.C2H4O/c1-6(10)7-5-8-3-4-9(7)2;1-2-3-1/h6-8,10H,3-5H2,1-2H3;1-2H2. The quantitative estimate of drug-likeness (QED) is 0.534. The highest BCUT2D eigenvalue weighted by Gasteiger charge is 2.22. The number of nitrogens with one attached hydrogen (secondary N) is 1. The van der Waals surface area contributed by atoms with Crippen LogP contribution in [0.15, 0.2) is 0 Å². The van der Waals surface area contributed by atoms with Crippen LogP contribution in [0, 0.1) is 0 Å². The Balaban J connectivity index is 0.000000236. The molecule has 0 aromatic heterocycles. The second-order valence-electron chi connectivity index (χ2n) is 3.61. The maximum atomic E-state index is 9.27. The second kappa shape index (κ2) is 5.54. The molecule has 78 valence electrons. The van der Waals surface area contributed by atoms with Crippen molar-refractivity contribution in [3.8, 4) is 0 Å². The maximum absolute atomic E-state index is 9.27. The van der Waals surface area contributed by atoms with Crippen LogP contribution in [0.1, 0.15) is 6.92 Å². The van der Waals surface area contributed by atoms with E-state index in [0.717, 1.165) is 32.8 Å². The normalized spacial score (nSPS) is 30.2. The fourth-order valence-corrected chi connectivity index (χ4v) is 1.37. The Bertz CT molecular complexity index is 137. The van der Waals surface area contributed by atoms with Crippen molar-refractivity contribution in [3.05, 3.63) is 0 Å². The Hall–Kier alpha value is -0.160. The largest absolute Gasteiger partial charge is 0.392 e. The van der Waals surface area contributed by atoms with Crippen molar-refractivity contribution < 1.29 is 9.84 Å². The van der Waals surface area contributed by atoms with Crippen molar-refractivity contribution in [2.45, 2.75) is 19.1 Å². The van der Waals surface area contributed by atoms with Crippen molar-refractivity contribution in [1.82, 2.24) is 10.2 Å². The van der Waals surface area contributed by atoms with Gasteiger partial charge in [-0.05, 0) is 14.0 Å². The Kier molecular flexibility index (Phi) is 4.66. The van der Waals surface area contributed by atoms with E-state index in [9.17, 15) is 5.11 Å². The molecule has 0 amide bonds. The van der Waals surface area contributed by atoms with E-state index in [1.165, 1.54) is 0 Å². The van der Waals surface area contributed by atoms with Crippen molar-refractivity contribution in [3.63, 3.8) is 0 Å². The molecular weight excluding hydrogens is 168 g/mol. The SMILES string of the molecule is C1CO1.CC(O)C1CNCCN1C. The molecule has 0 aliphatic carbocycles. The van der Waals surface area contributed by atoms with Gasteiger partial charge in [0.1, 0.15) is 0 Å². The van der Waals surface area contributed by atoms with E-state index in [-0.39, 0.29) is 6.10 Å². The van der Waals surface area contributed by atoms with Crippen LogP contribution in [-0.2, 0) is 4.74 Å². The molecule has 4 heteroatoms. The summed E-state index contributed by atoms with van der Waals surface area (Å²) in [4.78, 5) is 2.20. The molecular formula is C9H20N2O2. The van der Waals surface area contributed by atoms with Crippen LogP contribution in [0.4, 0.5) is 0 Å². The Morgan fingerprint density at radius 1 is 1.54 bits per heavy atom. The zero-order valence-electron chi connectivity index (χ0n) is 8.49. The van der Waals surface area contributed by atoms with Gasteiger partial charge < -0.3 is 15.2 Å². The molecule has 2 aliphatic rings. The van der Waals surface area contributed by atoms with Crippen LogP contribution in [0.2, 0.25) is 0 Å². The summed E-state index contributed by atoms with van der Waals surface area (Å²) >= 11 is 0. The van der Waals surface area contributed by atoms with E-state index < -0.39 is 0 Å². The minimum atomic E-state index is -0.224. The molecule has 2 fully saturated rings. The average Bonchev–Trinajstić information content (AvgIpc) is 2.90. The van der Waals surface area contributed by atoms with Gasteiger partial charge in [-0.15, -0.1) is 0 Å². The summed E-state index contributed by atoms with van der Waals surface area (Å²) in [5, 5.41) is 12.5. The van der Waals surface area contributed by atoms with Crippen molar-refractivity contribution in [2.75, 3.05) is 39.9 Å². The van der Waals surface area contributed by atoms with Crippen LogP contribution in [-0.4, -0.2) is 62.0 Å². The molecule has 0 saturated carbocycles. The number of ether oxygens (including phenoxy) is 1. The molecule has 13 heavy (non-hydrogen) atoms. The molecule has 0 radical (unpaired) electrons. The number of piperazine rings is 1. The van der Waals surface area contributed by atoms with Gasteiger partial charge in [0.2, 0.25) is 0 Å². The summed E-state index contributed by atoms with van der Waals surface area (Å²) < 4.78 is 4.50. The van der Waals surface area contributed by atoms with Gasteiger partial charge in [0.05, 0.1) is 19.3 Å². The van der Waals surface area contributed by atoms with Crippen LogP contribution in [0.3, 0.4) is 0 Å². The lowest BCUT2D eigenvalue weighted by atomic mass is 10.1. The van der Waals surface area contributed by atoms with Crippen LogP contribution >= 0.6 is 0 Å². The van der Waals surface area contributed by atoms with Gasteiger partial charge in [-0.25, -0.2) is 0 Å². The Morgan fingerprint density at radius 3 is 2.46 bits per heavy atom. The van der Waals surface area contributed by atoms with Gasteiger partial charge in [-0.1, -0.05) is 0 Å². The highest BCUT2D eigenvalue weighted by molar-refractivity contribution is 4.80. The number of hydrogen-bond donors (Lipinski definition) is 2. The maximum Gasteiger partial charge on any atom is 0.0701 e. The predicted molar refractivity (Wildman–Crippen MR) is 51.8 cm³/mol. The summed E-state index contributed by atoms with van der Waals surface area (Å²) in [6, 6.07) is 0.300. The predicted octanol–water partition coefficient (Wildman–Crippen LogP) is -0.713. The summed E-state index contributed by atoms with van der Waals surface area (Å²) in [5.41, 5.74) is 0. The monoisotopic (exact) mass is 188 g/mol. The fourth-order valence-electron chi connectivity index (χ4n) is 1.37.